The average molecular weight is 1350 g/mol. The van der Waals surface area contributed by atoms with E-state index in [0.717, 1.165) is 30.7 Å². The van der Waals surface area contributed by atoms with Crippen LogP contribution < -0.4 is 4.74 Å². The Hall–Kier alpha value is -9.98. The Labute approximate surface area is 571 Å². The lowest BCUT2D eigenvalue weighted by Crippen LogP contribution is -2.68. The minimum Gasteiger partial charge on any atom is -0.497 e. The number of carbonyl (C=O) groups excluding carboxylic acids is 6. The maximum Gasteiger partial charge on any atom is 0.339 e. The first-order valence-corrected chi connectivity index (χ1v) is 32.1. The third-order valence-corrected chi connectivity index (χ3v) is 16.4. The Bertz CT molecular complexity index is 3860. The predicted octanol–water partition coefficient (Wildman–Crippen LogP) is 10.2. The van der Waals surface area contributed by atoms with E-state index in [1.54, 1.807) is 109 Å². The van der Waals surface area contributed by atoms with Gasteiger partial charge in [0, 0.05) is 6.92 Å². The molecule has 0 spiro atoms. The van der Waals surface area contributed by atoms with Gasteiger partial charge in [0.05, 0.1) is 76.1 Å². The molecule has 8 aromatic carbocycles. The molecule has 0 amide bonds. The van der Waals surface area contributed by atoms with Crippen molar-refractivity contribution in [3.63, 3.8) is 0 Å². The van der Waals surface area contributed by atoms with Crippen molar-refractivity contribution in [1.82, 2.24) is 0 Å². The van der Waals surface area contributed by atoms with Crippen LogP contribution in [-0.2, 0) is 107 Å². The van der Waals surface area contributed by atoms with Gasteiger partial charge in [0.1, 0.15) is 36.3 Å². The Balaban J connectivity index is 1.06. The first-order chi connectivity index (χ1) is 48.4. The number of rotatable bonds is 28. The van der Waals surface area contributed by atoms with Crippen LogP contribution in [0.3, 0.4) is 0 Å². The van der Waals surface area contributed by atoms with Gasteiger partial charge in [0.2, 0.25) is 0 Å². The van der Waals surface area contributed by atoms with E-state index in [1.807, 2.05) is 91.0 Å². The van der Waals surface area contributed by atoms with Gasteiger partial charge < -0.3 is 75.8 Å². The molecule has 3 fully saturated rings. The van der Waals surface area contributed by atoms with E-state index in [1.165, 1.54) is 43.5 Å². The second-order valence-corrected chi connectivity index (χ2v) is 23.2. The summed E-state index contributed by atoms with van der Waals surface area (Å²) in [7, 11) is 2.60. The van der Waals surface area contributed by atoms with E-state index in [-0.39, 0.29) is 55.3 Å². The molecular weight excluding hydrogens is 1280 g/mol. The summed E-state index contributed by atoms with van der Waals surface area (Å²) in [6.07, 6.45) is -23.6. The molecule has 14 atom stereocenters. The molecule has 3 aliphatic rings. The zero-order chi connectivity index (χ0) is 68.9. The molecule has 0 aliphatic carbocycles. The van der Waals surface area contributed by atoms with Gasteiger partial charge in [0.25, 0.3) is 0 Å². The molecule has 22 nitrogen and oxygen atoms in total. The van der Waals surface area contributed by atoms with E-state index < -0.39 is 128 Å². The number of hydrogen-bond acceptors (Lipinski definition) is 22. The van der Waals surface area contributed by atoms with Crippen molar-refractivity contribution in [2.45, 2.75) is 119 Å². The number of benzene rings is 8. The zero-order valence-electron chi connectivity index (χ0n) is 54.3. The van der Waals surface area contributed by atoms with E-state index in [4.69, 9.17) is 75.8 Å². The van der Waals surface area contributed by atoms with Gasteiger partial charge in [-0.05, 0) is 82.9 Å². The van der Waals surface area contributed by atoms with Crippen molar-refractivity contribution in [2.24, 2.45) is 0 Å². The van der Waals surface area contributed by atoms with E-state index in [9.17, 15) is 28.8 Å². The van der Waals surface area contributed by atoms with Crippen LogP contribution in [-0.4, -0.2) is 149 Å². The maximum absolute atomic E-state index is 14.9. The molecule has 0 unspecified atom stereocenters. The molecule has 3 aliphatic heterocycles. The fourth-order valence-corrected chi connectivity index (χ4v) is 11.4. The number of esters is 6. The SMILES string of the molecule is COC(=O)[C@H]1O[C@@H](OCc2ccc(OC)cc2)[C@H](O[C@@H]2O[C@H](COCc3ccccc3)[C@H](OCc3ccccc3)[C@H](OCc3ccccc3)[C@H]2OC(=O)c2ccccc2)[C@@H](O[C@@H]2OC[C@@H](OC(=O)c3ccccc3)[C@H](OC(=O)c3ccccc3)[C@H]2OC(=O)c2ccccc2)[C@@H]1OC(C)=O. The Kier molecular flexibility index (Phi) is 24.9. The van der Waals surface area contributed by atoms with Crippen LogP contribution in [0.4, 0.5) is 0 Å². The summed E-state index contributed by atoms with van der Waals surface area (Å²) >= 11 is 0. The minimum absolute atomic E-state index is 0.0120. The molecule has 0 radical (unpaired) electrons. The van der Waals surface area contributed by atoms with Crippen LogP contribution >= 0.6 is 0 Å². The first kappa shape index (κ1) is 70.3. The van der Waals surface area contributed by atoms with Gasteiger partial charge in [-0.1, -0.05) is 176 Å². The Morgan fingerprint density at radius 1 is 0.374 bits per heavy atom. The van der Waals surface area contributed by atoms with Crippen LogP contribution in [0, 0.1) is 0 Å². The van der Waals surface area contributed by atoms with E-state index >= 15 is 0 Å². The summed E-state index contributed by atoms with van der Waals surface area (Å²) in [4.78, 5) is 86.5. The molecular formula is C77H74O22. The van der Waals surface area contributed by atoms with Gasteiger partial charge in [-0.25, -0.2) is 24.0 Å². The van der Waals surface area contributed by atoms with Gasteiger partial charge in [-0.2, -0.15) is 0 Å². The van der Waals surface area contributed by atoms with Crippen molar-refractivity contribution in [3.8, 4) is 5.75 Å². The van der Waals surface area contributed by atoms with Gasteiger partial charge in [0.15, 0.2) is 55.5 Å². The van der Waals surface area contributed by atoms with Crippen LogP contribution in [0.25, 0.3) is 0 Å². The third-order valence-electron chi connectivity index (χ3n) is 16.4. The highest BCUT2D eigenvalue weighted by atomic mass is 16.8. The predicted molar refractivity (Wildman–Crippen MR) is 351 cm³/mol. The molecule has 22 heteroatoms. The highest BCUT2D eigenvalue weighted by Gasteiger charge is 2.60. The average Bonchev–Trinajstić information content (AvgIpc) is 0.760. The number of methoxy groups -OCH3 is 2. The lowest BCUT2D eigenvalue weighted by Gasteiger charge is -2.50. The second kappa shape index (κ2) is 35.0. The van der Waals surface area contributed by atoms with Crippen LogP contribution in [0.1, 0.15) is 70.6 Å². The molecule has 0 N–H and O–H groups in total. The Morgan fingerprint density at radius 3 is 1.26 bits per heavy atom. The Morgan fingerprint density at radius 2 is 0.788 bits per heavy atom. The van der Waals surface area contributed by atoms with Crippen molar-refractivity contribution in [2.75, 3.05) is 27.4 Å². The summed E-state index contributed by atoms with van der Waals surface area (Å²) < 4.78 is 104. The molecule has 8 aromatic rings. The van der Waals surface area contributed by atoms with Crippen molar-refractivity contribution >= 4 is 35.8 Å². The first-order valence-electron chi connectivity index (χ1n) is 32.1. The van der Waals surface area contributed by atoms with Crippen LogP contribution in [0.15, 0.2) is 237 Å². The fourth-order valence-electron chi connectivity index (χ4n) is 11.4. The highest BCUT2D eigenvalue weighted by molar-refractivity contribution is 5.91. The number of hydrogen-bond donors (Lipinski definition) is 0. The minimum atomic E-state index is -1.96. The number of ether oxygens (including phenoxy) is 16. The normalized spacial score (nSPS) is 24.2. The van der Waals surface area contributed by atoms with Gasteiger partial charge in [-0.15, -0.1) is 0 Å². The highest BCUT2D eigenvalue weighted by Crippen LogP contribution is 2.39. The van der Waals surface area contributed by atoms with Crippen LogP contribution in [0.5, 0.6) is 5.75 Å². The topological polar surface area (TPSA) is 250 Å². The molecule has 0 bridgehead atoms. The quantitative estimate of drug-likeness (QED) is 0.0326. The molecule has 3 saturated heterocycles. The maximum atomic E-state index is 14.9. The summed E-state index contributed by atoms with van der Waals surface area (Å²) in [5.41, 5.74) is 3.24. The monoisotopic (exact) mass is 1350 g/mol. The summed E-state index contributed by atoms with van der Waals surface area (Å²) in [6, 6.07) is 66.8. The molecule has 0 aromatic heterocycles. The van der Waals surface area contributed by atoms with Crippen molar-refractivity contribution < 1.29 is 105 Å². The van der Waals surface area contributed by atoms with E-state index in [0.29, 0.717) is 11.3 Å². The second-order valence-electron chi connectivity index (χ2n) is 23.2. The lowest BCUT2D eigenvalue weighted by molar-refractivity contribution is -0.387. The van der Waals surface area contributed by atoms with E-state index in [2.05, 4.69) is 0 Å². The molecule has 11 rings (SSSR count). The standard InChI is InChI=1S/C77H74O22/c1-49(78)91-64-65(97-75-67(95-72(81)56-35-21-9-22-36-56)62(94-71(80)55-33-19-8-20-34-55)60(48-90-75)92-70(79)54-31-17-7-18-32-54)69(76(98-66(64)74(83)85-3)89-46-53-39-41-58(84-2)42-40-53)99-77-68(96-73(82)57-37-23-10-24-38-57)63(88-45-52-29-15-6-16-30-52)61(87-44-51-27-13-5-14-28-51)59(93-77)47-86-43-50-25-11-4-12-26-50/h4-42,59-69,75-77H,43-48H2,1-3H3/t59-,60-,61+,62+,63+,64+,65+,66+,67-,68-,69-,75+,76-,77+/m1/s1. The van der Waals surface area contributed by atoms with Gasteiger partial charge >= 0.3 is 35.8 Å². The molecule has 514 valence electrons. The smallest absolute Gasteiger partial charge is 0.339 e. The lowest BCUT2D eigenvalue weighted by atomic mass is 9.95. The largest absolute Gasteiger partial charge is 0.497 e. The van der Waals surface area contributed by atoms with Gasteiger partial charge in [-0.3, -0.25) is 4.79 Å². The molecule has 3 heterocycles. The summed E-state index contributed by atoms with van der Waals surface area (Å²) in [6.45, 7) is 0.0489. The third kappa shape index (κ3) is 18.8. The van der Waals surface area contributed by atoms with Crippen LogP contribution in [0.2, 0.25) is 0 Å². The number of carbonyl (C=O) groups is 6. The molecule has 0 saturated carbocycles. The van der Waals surface area contributed by atoms with Crippen molar-refractivity contribution in [1.29, 1.82) is 0 Å². The fraction of sp³-hybridized carbons (Fsp3) is 0.299. The summed E-state index contributed by atoms with van der Waals surface area (Å²) in [5.74, 6) is -5.14. The molecule has 99 heavy (non-hydrogen) atoms. The zero-order valence-corrected chi connectivity index (χ0v) is 54.3. The summed E-state index contributed by atoms with van der Waals surface area (Å²) in [5, 5.41) is 0. The van der Waals surface area contributed by atoms with Crippen molar-refractivity contribution in [3.05, 3.63) is 281 Å².